The van der Waals surface area contributed by atoms with Crippen LogP contribution in [-0.4, -0.2) is 50.6 Å². The molecule has 0 radical (unpaired) electrons. The standard InChI is InChI=1S/C20H23FN8O2/c21-16-10-25-20(17-11-22-6-7-31-17)26-19(16)24-9-15-12-29(28-27-15)13-18(30)23-8-14-4-2-1-3-5-14/h1-5,10,12,17,22H,6-9,11,13H2,(H,23,30)(H,24,25,26). The Morgan fingerprint density at radius 1 is 1.29 bits per heavy atom. The summed E-state index contributed by atoms with van der Waals surface area (Å²) in [5.74, 6) is -0.273. The molecule has 10 nitrogen and oxygen atoms in total. The first-order valence-corrected chi connectivity index (χ1v) is 9.95. The molecule has 1 saturated heterocycles. The van der Waals surface area contributed by atoms with E-state index in [0.717, 1.165) is 18.3 Å². The maximum atomic E-state index is 14.1. The van der Waals surface area contributed by atoms with Crippen LogP contribution in [0.4, 0.5) is 10.2 Å². The number of benzene rings is 1. The van der Waals surface area contributed by atoms with Gasteiger partial charge >= 0.3 is 0 Å². The number of aromatic nitrogens is 5. The molecular weight excluding hydrogens is 403 g/mol. The Hall–Kier alpha value is -3.44. The van der Waals surface area contributed by atoms with Gasteiger partial charge in [-0.1, -0.05) is 35.5 Å². The molecule has 1 amide bonds. The molecule has 11 heteroatoms. The van der Waals surface area contributed by atoms with E-state index in [4.69, 9.17) is 4.74 Å². The quantitative estimate of drug-likeness (QED) is 0.484. The zero-order chi connectivity index (χ0) is 21.5. The number of amides is 1. The minimum atomic E-state index is -0.569. The molecule has 0 spiro atoms. The second kappa shape index (κ2) is 10.0. The van der Waals surface area contributed by atoms with Crippen molar-refractivity contribution in [2.45, 2.75) is 25.7 Å². The van der Waals surface area contributed by atoms with Crippen LogP contribution in [0.1, 0.15) is 23.2 Å². The second-order valence-electron chi connectivity index (χ2n) is 7.01. The van der Waals surface area contributed by atoms with Crippen molar-refractivity contribution in [3.05, 3.63) is 65.6 Å². The Morgan fingerprint density at radius 3 is 2.97 bits per heavy atom. The third kappa shape index (κ3) is 5.80. The van der Waals surface area contributed by atoms with Crippen molar-refractivity contribution in [1.29, 1.82) is 0 Å². The normalized spacial score (nSPS) is 16.1. The van der Waals surface area contributed by atoms with Crippen LogP contribution in [0.2, 0.25) is 0 Å². The summed E-state index contributed by atoms with van der Waals surface area (Å²) in [5, 5.41) is 16.9. The number of carbonyl (C=O) groups excluding carboxylic acids is 1. The number of nitrogens with one attached hydrogen (secondary N) is 3. The molecule has 1 aliphatic heterocycles. The molecule has 3 N–H and O–H groups in total. The number of rotatable bonds is 8. The van der Waals surface area contributed by atoms with Gasteiger partial charge in [-0.15, -0.1) is 5.10 Å². The molecule has 1 fully saturated rings. The Bertz CT molecular complexity index is 1010. The van der Waals surface area contributed by atoms with E-state index in [1.54, 1.807) is 6.20 Å². The van der Waals surface area contributed by atoms with Crippen molar-refractivity contribution in [3.8, 4) is 0 Å². The van der Waals surface area contributed by atoms with E-state index in [1.165, 1.54) is 4.68 Å². The highest BCUT2D eigenvalue weighted by atomic mass is 19.1. The van der Waals surface area contributed by atoms with Crippen LogP contribution in [-0.2, 0) is 29.2 Å². The molecule has 162 valence electrons. The van der Waals surface area contributed by atoms with Crippen LogP contribution in [0.25, 0.3) is 0 Å². The lowest BCUT2D eigenvalue weighted by Crippen LogP contribution is -2.34. The van der Waals surface area contributed by atoms with Crippen molar-refractivity contribution >= 4 is 11.7 Å². The van der Waals surface area contributed by atoms with Gasteiger partial charge in [-0.25, -0.2) is 19.0 Å². The molecule has 1 aliphatic rings. The van der Waals surface area contributed by atoms with Crippen molar-refractivity contribution in [2.75, 3.05) is 25.0 Å². The van der Waals surface area contributed by atoms with Crippen LogP contribution >= 0.6 is 0 Å². The monoisotopic (exact) mass is 426 g/mol. The zero-order valence-corrected chi connectivity index (χ0v) is 16.8. The van der Waals surface area contributed by atoms with E-state index in [0.29, 0.717) is 31.2 Å². The largest absolute Gasteiger partial charge is 0.368 e. The predicted octanol–water partition coefficient (Wildman–Crippen LogP) is 0.797. The fourth-order valence-electron chi connectivity index (χ4n) is 3.06. The lowest BCUT2D eigenvalue weighted by Gasteiger charge is -2.22. The summed E-state index contributed by atoms with van der Waals surface area (Å²) < 4.78 is 21.1. The fourth-order valence-corrected chi connectivity index (χ4v) is 3.06. The minimum absolute atomic E-state index is 0.0396. The summed E-state index contributed by atoms with van der Waals surface area (Å²) in [6.45, 7) is 2.57. The summed E-state index contributed by atoms with van der Waals surface area (Å²) in [7, 11) is 0. The Balaban J connectivity index is 1.29. The summed E-state index contributed by atoms with van der Waals surface area (Å²) in [6, 6.07) is 9.63. The number of ether oxygens (including phenoxy) is 1. The van der Waals surface area contributed by atoms with Crippen LogP contribution in [0.3, 0.4) is 0 Å². The number of anilines is 1. The maximum Gasteiger partial charge on any atom is 0.242 e. The Labute approximate surface area is 178 Å². The van der Waals surface area contributed by atoms with Gasteiger partial charge in [-0.3, -0.25) is 4.79 Å². The molecule has 0 aliphatic carbocycles. The molecule has 3 aromatic rings. The predicted molar refractivity (Wildman–Crippen MR) is 109 cm³/mol. The van der Waals surface area contributed by atoms with Crippen molar-refractivity contribution in [3.63, 3.8) is 0 Å². The van der Waals surface area contributed by atoms with E-state index in [1.807, 2.05) is 30.3 Å². The molecule has 0 saturated carbocycles. The maximum absolute atomic E-state index is 14.1. The van der Waals surface area contributed by atoms with Crippen molar-refractivity contribution < 1.29 is 13.9 Å². The first-order valence-electron chi connectivity index (χ1n) is 9.95. The lowest BCUT2D eigenvalue weighted by molar-refractivity contribution is -0.122. The second-order valence-corrected chi connectivity index (χ2v) is 7.01. The van der Waals surface area contributed by atoms with Crippen LogP contribution in [0.5, 0.6) is 0 Å². The highest BCUT2D eigenvalue weighted by Gasteiger charge is 2.20. The molecule has 4 rings (SSSR count). The first kappa shape index (κ1) is 20.8. The summed E-state index contributed by atoms with van der Waals surface area (Å²) in [6.07, 6.45) is 2.44. The van der Waals surface area contributed by atoms with Gasteiger partial charge in [-0.05, 0) is 5.56 Å². The van der Waals surface area contributed by atoms with Gasteiger partial charge < -0.3 is 20.7 Å². The number of nitrogens with zero attached hydrogens (tertiary/aromatic N) is 5. The Kier molecular flexibility index (Phi) is 6.75. The first-order chi connectivity index (χ1) is 15.2. The molecule has 1 aromatic carbocycles. The molecule has 3 heterocycles. The molecule has 1 atom stereocenters. The third-order valence-electron chi connectivity index (χ3n) is 4.64. The molecular formula is C20H23FN8O2. The van der Waals surface area contributed by atoms with Gasteiger partial charge in [0.1, 0.15) is 18.3 Å². The van der Waals surface area contributed by atoms with Crippen LogP contribution in [0.15, 0.2) is 42.7 Å². The SMILES string of the molecule is O=C(Cn1cc(CNc2nc(C3CNCCO3)ncc2F)nn1)NCc1ccccc1. The number of morpholine rings is 1. The summed E-state index contributed by atoms with van der Waals surface area (Å²) in [5.41, 5.74) is 1.56. The van der Waals surface area contributed by atoms with E-state index in [-0.39, 0.29) is 30.9 Å². The number of carbonyl (C=O) groups is 1. The van der Waals surface area contributed by atoms with Crippen LogP contribution in [0, 0.1) is 5.82 Å². The van der Waals surface area contributed by atoms with E-state index in [2.05, 4.69) is 36.2 Å². The van der Waals surface area contributed by atoms with Crippen molar-refractivity contribution in [2.24, 2.45) is 0 Å². The Morgan fingerprint density at radius 2 is 2.16 bits per heavy atom. The third-order valence-corrected chi connectivity index (χ3v) is 4.64. The van der Waals surface area contributed by atoms with Gasteiger partial charge in [0.05, 0.1) is 25.5 Å². The highest BCUT2D eigenvalue weighted by Crippen LogP contribution is 2.18. The van der Waals surface area contributed by atoms with Gasteiger partial charge in [0.15, 0.2) is 17.5 Å². The lowest BCUT2D eigenvalue weighted by atomic mass is 10.2. The summed E-state index contributed by atoms with van der Waals surface area (Å²) >= 11 is 0. The summed E-state index contributed by atoms with van der Waals surface area (Å²) in [4.78, 5) is 20.4. The van der Waals surface area contributed by atoms with E-state index < -0.39 is 5.82 Å². The van der Waals surface area contributed by atoms with E-state index in [9.17, 15) is 9.18 Å². The molecule has 0 bridgehead atoms. The fraction of sp³-hybridized carbons (Fsp3) is 0.350. The average Bonchev–Trinajstić information content (AvgIpc) is 3.25. The molecule has 31 heavy (non-hydrogen) atoms. The van der Waals surface area contributed by atoms with Gasteiger partial charge in [0, 0.05) is 19.6 Å². The van der Waals surface area contributed by atoms with Gasteiger partial charge in [-0.2, -0.15) is 0 Å². The number of hydrogen-bond donors (Lipinski definition) is 3. The molecule has 1 unspecified atom stereocenters. The zero-order valence-electron chi connectivity index (χ0n) is 16.8. The minimum Gasteiger partial charge on any atom is -0.368 e. The average molecular weight is 426 g/mol. The smallest absolute Gasteiger partial charge is 0.242 e. The highest BCUT2D eigenvalue weighted by molar-refractivity contribution is 5.75. The number of halogens is 1. The topological polar surface area (TPSA) is 119 Å². The van der Waals surface area contributed by atoms with E-state index >= 15 is 0 Å². The number of hydrogen-bond acceptors (Lipinski definition) is 8. The van der Waals surface area contributed by atoms with Gasteiger partial charge in [0.2, 0.25) is 5.91 Å². The van der Waals surface area contributed by atoms with Crippen molar-refractivity contribution in [1.82, 2.24) is 35.6 Å². The van der Waals surface area contributed by atoms with Crippen LogP contribution < -0.4 is 16.0 Å². The van der Waals surface area contributed by atoms with Gasteiger partial charge in [0.25, 0.3) is 0 Å². The molecule has 2 aromatic heterocycles.